The number of rotatable bonds is 4. The lowest BCUT2D eigenvalue weighted by Crippen LogP contribution is -2.51. The first-order valence-corrected chi connectivity index (χ1v) is 8.57. The summed E-state index contributed by atoms with van der Waals surface area (Å²) < 4.78 is 36.9. The third kappa shape index (κ3) is 6.88. The third-order valence-corrected chi connectivity index (χ3v) is 5.13. The summed E-state index contributed by atoms with van der Waals surface area (Å²) in [6.07, 6.45) is -4.39. The topological polar surface area (TPSA) is 47.9 Å². The molecule has 1 unspecified atom stereocenters. The van der Waals surface area contributed by atoms with Gasteiger partial charge in [0.05, 0.1) is 6.54 Å². The molecule has 23 heavy (non-hydrogen) atoms. The number of alkyl halides is 3. The van der Waals surface area contributed by atoms with Gasteiger partial charge in [0.25, 0.3) is 0 Å². The van der Waals surface area contributed by atoms with E-state index in [9.17, 15) is 18.0 Å². The first-order chi connectivity index (χ1) is 10.6. The fourth-order valence-electron chi connectivity index (χ4n) is 2.25. The minimum Gasteiger partial charge on any atom is -0.347 e. The molecule has 0 aromatic rings. The summed E-state index contributed by atoms with van der Waals surface area (Å²) in [5.41, 5.74) is 0. The van der Waals surface area contributed by atoms with E-state index in [1.807, 2.05) is 11.8 Å². The van der Waals surface area contributed by atoms with Crippen molar-refractivity contribution in [2.45, 2.75) is 25.3 Å². The maximum absolute atomic E-state index is 12.3. The first-order valence-electron chi connectivity index (χ1n) is 7.52. The van der Waals surface area contributed by atoms with Crippen LogP contribution in [0.3, 0.4) is 0 Å². The maximum Gasteiger partial charge on any atom is 0.406 e. The van der Waals surface area contributed by atoms with Gasteiger partial charge in [-0.05, 0) is 5.92 Å². The molecule has 1 saturated heterocycles. The Labute approximate surface area is 139 Å². The van der Waals surface area contributed by atoms with Gasteiger partial charge in [0.15, 0.2) is 5.96 Å². The Bertz CT molecular complexity index is 429. The molecular formula is C14H25F3N4OS. The molecule has 134 valence electrons. The van der Waals surface area contributed by atoms with Crippen LogP contribution in [-0.4, -0.2) is 79.1 Å². The zero-order chi connectivity index (χ0) is 17.6. The number of guanidine groups is 1. The summed E-state index contributed by atoms with van der Waals surface area (Å²) >= 11 is 1.91. The number of hydrogen-bond donors (Lipinski definition) is 1. The molecule has 1 amide bonds. The number of hydrogen-bond acceptors (Lipinski definition) is 3. The second-order valence-electron chi connectivity index (χ2n) is 5.87. The number of likely N-dealkylation sites (N-methyl/N-ethyl adjacent to an activating group) is 1. The van der Waals surface area contributed by atoms with Crippen molar-refractivity contribution >= 4 is 23.6 Å². The summed E-state index contributed by atoms with van der Waals surface area (Å²) in [4.78, 5) is 18.6. The number of aliphatic imine (C=N–C) groups is 1. The van der Waals surface area contributed by atoms with Crippen molar-refractivity contribution in [3.63, 3.8) is 0 Å². The van der Waals surface area contributed by atoms with Gasteiger partial charge < -0.3 is 15.1 Å². The lowest BCUT2D eigenvalue weighted by molar-refractivity contribution is -0.157. The highest BCUT2D eigenvalue weighted by Crippen LogP contribution is 2.24. The van der Waals surface area contributed by atoms with Crippen molar-refractivity contribution < 1.29 is 18.0 Å². The minimum atomic E-state index is -4.39. The van der Waals surface area contributed by atoms with Gasteiger partial charge >= 0.3 is 6.18 Å². The molecule has 0 radical (unpaired) electrons. The number of carbonyl (C=O) groups is 1. The van der Waals surface area contributed by atoms with E-state index < -0.39 is 18.6 Å². The van der Waals surface area contributed by atoms with Crippen molar-refractivity contribution in [2.75, 3.05) is 46.0 Å². The third-order valence-electron chi connectivity index (χ3n) is 3.59. The van der Waals surface area contributed by atoms with E-state index in [1.54, 1.807) is 7.05 Å². The van der Waals surface area contributed by atoms with E-state index in [0.29, 0.717) is 22.0 Å². The SMILES string of the molecule is CN=C(NCC(=O)N(C)CC(F)(F)F)N1CCSC(C(C)C)C1. The fourth-order valence-corrected chi connectivity index (χ4v) is 3.55. The highest BCUT2D eigenvalue weighted by molar-refractivity contribution is 8.00. The number of amides is 1. The molecule has 1 N–H and O–H groups in total. The zero-order valence-corrected chi connectivity index (χ0v) is 14.8. The molecule has 1 fully saturated rings. The molecule has 0 bridgehead atoms. The van der Waals surface area contributed by atoms with Gasteiger partial charge in [-0.25, -0.2) is 0 Å². The van der Waals surface area contributed by atoms with Gasteiger partial charge in [-0.2, -0.15) is 24.9 Å². The first kappa shape index (κ1) is 19.9. The van der Waals surface area contributed by atoms with Gasteiger partial charge in [-0.15, -0.1) is 0 Å². The summed E-state index contributed by atoms with van der Waals surface area (Å²) in [6.45, 7) is 4.49. The molecule has 1 atom stereocenters. The highest BCUT2D eigenvalue weighted by atomic mass is 32.2. The fraction of sp³-hybridized carbons (Fsp3) is 0.857. The summed E-state index contributed by atoms with van der Waals surface area (Å²) in [5.74, 6) is 1.44. The van der Waals surface area contributed by atoms with E-state index >= 15 is 0 Å². The summed E-state index contributed by atoms with van der Waals surface area (Å²) in [7, 11) is 2.75. The number of halogens is 3. The van der Waals surface area contributed by atoms with Crippen LogP contribution in [0.25, 0.3) is 0 Å². The van der Waals surface area contributed by atoms with Crippen LogP contribution in [0.15, 0.2) is 4.99 Å². The van der Waals surface area contributed by atoms with E-state index in [4.69, 9.17) is 0 Å². The van der Waals surface area contributed by atoms with Crippen LogP contribution in [0.2, 0.25) is 0 Å². The van der Waals surface area contributed by atoms with Crippen LogP contribution >= 0.6 is 11.8 Å². The predicted octanol–water partition coefficient (Wildman–Crippen LogP) is 1.66. The van der Waals surface area contributed by atoms with E-state index in [1.165, 1.54) is 0 Å². The normalized spacial score (nSPS) is 19.9. The van der Waals surface area contributed by atoms with E-state index in [2.05, 4.69) is 29.1 Å². The molecule has 0 aliphatic carbocycles. The lowest BCUT2D eigenvalue weighted by Gasteiger charge is -2.36. The van der Waals surface area contributed by atoms with Crippen LogP contribution in [0.5, 0.6) is 0 Å². The van der Waals surface area contributed by atoms with Crippen LogP contribution in [0, 0.1) is 5.92 Å². The molecule has 1 rings (SSSR count). The van der Waals surface area contributed by atoms with Crippen LogP contribution in [0.4, 0.5) is 13.2 Å². The van der Waals surface area contributed by atoms with E-state index in [0.717, 1.165) is 25.9 Å². The Morgan fingerprint density at radius 3 is 2.65 bits per heavy atom. The van der Waals surface area contributed by atoms with E-state index in [-0.39, 0.29) is 6.54 Å². The van der Waals surface area contributed by atoms with Crippen molar-refractivity contribution in [2.24, 2.45) is 10.9 Å². The molecule has 0 aromatic carbocycles. The Morgan fingerprint density at radius 1 is 1.48 bits per heavy atom. The van der Waals surface area contributed by atoms with Gasteiger partial charge in [0, 0.05) is 38.2 Å². The summed E-state index contributed by atoms with van der Waals surface area (Å²) in [6, 6.07) is 0. The predicted molar refractivity (Wildman–Crippen MR) is 87.7 cm³/mol. The second kappa shape index (κ2) is 8.65. The van der Waals surface area contributed by atoms with Gasteiger partial charge in [-0.3, -0.25) is 9.79 Å². The Balaban J connectivity index is 2.52. The van der Waals surface area contributed by atoms with Crippen LogP contribution in [0.1, 0.15) is 13.8 Å². The Kier molecular flexibility index (Phi) is 7.50. The Hall–Kier alpha value is -1.12. The number of carbonyl (C=O) groups excluding carboxylic acids is 1. The molecule has 1 aliphatic heterocycles. The van der Waals surface area contributed by atoms with Crippen molar-refractivity contribution in [1.82, 2.24) is 15.1 Å². The van der Waals surface area contributed by atoms with Crippen LogP contribution in [-0.2, 0) is 4.79 Å². The molecule has 9 heteroatoms. The van der Waals surface area contributed by atoms with Gasteiger partial charge in [0.2, 0.25) is 5.91 Å². The van der Waals surface area contributed by atoms with Gasteiger partial charge in [0.1, 0.15) is 6.54 Å². The molecule has 5 nitrogen and oxygen atoms in total. The average molecular weight is 354 g/mol. The Morgan fingerprint density at radius 2 is 2.13 bits per heavy atom. The maximum atomic E-state index is 12.3. The molecule has 1 aliphatic rings. The average Bonchev–Trinajstić information content (AvgIpc) is 2.46. The number of nitrogens with one attached hydrogen (secondary N) is 1. The minimum absolute atomic E-state index is 0.199. The zero-order valence-electron chi connectivity index (χ0n) is 14.0. The van der Waals surface area contributed by atoms with Crippen molar-refractivity contribution in [3.05, 3.63) is 0 Å². The lowest BCUT2D eigenvalue weighted by atomic mass is 10.1. The largest absolute Gasteiger partial charge is 0.406 e. The molecule has 0 aromatic heterocycles. The highest BCUT2D eigenvalue weighted by Gasteiger charge is 2.31. The molecule has 0 spiro atoms. The number of thioether (sulfide) groups is 1. The van der Waals surface area contributed by atoms with Crippen LogP contribution < -0.4 is 5.32 Å². The molecular weight excluding hydrogens is 329 g/mol. The summed E-state index contributed by atoms with van der Waals surface area (Å²) in [5, 5.41) is 3.35. The standard InChI is InChI=1S/C14H25F3N4OS/c1-10(2)11-8-21(5-6-23-11)13(18-3)19-7-12(22)20(4)9-14(15,16)17/h10-11H,5-9H2,1-4H3,(H,18,19). The monoisotopic (exact) mass is 354 g/mol. The van der Waals surface area contributed by atoms with Crippen molar-refractivity contribution in [3.8, 4) is 0 Å². The number of nitrogens with zero attached hydrogens (tertiary/aromatic N) is 3. The van der Waals surface area contributed by atoms with Crippen molar-refractivity contribution in [1.29, 1.82) is 0 Å². The quantitative estimate of drug-likeness (QED) is 0.616. The smallest absolute Gasteiger partial charge is 0.347 e. The molecule has 1 heterocycles. The van der Waals surface area contributed by atoms with Gasteiger partial charge in [-0.1, -0.05) is 13.8 Å². The second-order valence-corrected chi connectivity index (χ2v) is 7.21. The molecule has 0 saturated carbocycles.